The summed E-state index contributed by atoms with van der Waals surface area (Å²) in [6.07, 6.45) is 0.714. The van der Waals surface area contributed by atoms with Crippen LogP contribution in [0.1, 0.15) is 13.8 Å². The van der Waals surface area contributed by atoms with Crippen molar-refractivity contribution in [2.45, 2.75) is 26.0 Å². The van der Waals surface area contributed by atoms with Crippen molar-refractivity contribution in [3.05, 3.63) is 30.3 Å². The molecule has 1 amide bonds. The molecule has 2 saturated heterocycles. The van der Waals surface area contributed by atoms with Crippen molar-refractivity contribution in [2.75, 3.05) is 54.6 Å². The second-order valence-electron chi connectivity index (χ2n) is 8.02. The predicted molar refractivity (Wildman–Crippen MR) is 122 cm³/mol. The number of fused-ring (bicyclic) bond motifs is 1. The van der Waals surface area contributed by atoms with Crippen molar-refractivity contribution < 1.29 is 14.3 Å². The van der Waals surface area contributed by atoms with Crippen molar-refractivity contribution in [1.82, 2.24) is 19.5 Å². The molecule has 2 fully saturated rings. The number of para-hydroxylation sites is 2. The summed E-state index contributed by atoms with van der Waals surface area (Å²) in [4.78, 5) is 30.2. The molecule has 0 aliphatic carbocycles. The normalized spacial score (nSPS) is 21.7. The number of aromatic nitrogens is 4. The van der Waals surface area contributed by atoms with Gasteiger partial charge in [-0.2, -0.15) is 9.97 Å². The summed E-state index contributed by atoms with van der Waals surface area (Å²) in [7, 11) is 0. The molecule has 0 bridgehead atoms. The molecule has 0 radical (unpaired) electrons. The zero-order chi connectivity index (χ0) is 22.1. The van der Waals surface area contributed by atoms with Crippen LogP contribution in [-0.2, 0) is 14.3 Å². The Morgan fingerprint density at radius 2 is 1.81 bits per heavy atom. The Morgan fingerprint density at radius 3 is 2.62 bits per heavy atom. The minimum Gasteiger partial charge on any atom is -0.378 e. The van der Waals surface area contributed by atoms with Crippen molar-refractivity contribution >= 4 is 35.0 Å². The van der Waals surface area contributed by atoms with E-state index in [2.05, 4.69) is 33.9 Å². The first-order valence-corrected chi connectivity index (χ1v) is 10.9. The Balaban J connectivity index is 1.67. The number of benzene rings is 1. The van der Waals surface area contributed by atoms with Crippen LogP contribution in [0.15, 0.2) is 30.3 Å². The molecule has 32 heavy (non-hydrogen) atoms. The first-order chi connectivity index (χ1) is 15.7. The van der Waals surface area contributed by atoms with Crippen LogP contribution in [-0.4, -0.2) is 77.5 Å². The molecule has 2 atom stereocenters. The van der Waals surface area contributed by atoms with Gasteiger partial charge in [-0.25, -0.2) is 9.55 Å². The topological polar surface area (TPSA) is 97.6 Å². The highest BCUT2D eigenvalue weighted by Gasteiger charge is 2.28. The highest BCUT2D eigenvalue weighted by molar-refractivity contribution is 5.83. The number of ether oxygens (including phenoxy) is 2. The Morgan fingerprint density at radius 1 is 1.03 bits per heavy atom. The third-order valence-corrected chi connectivity index (χ3v) is 6.15. The van der Waals surface area contributed by atoms with Gasteiger partial charge < -0.3 is 19.3 Å². The smallest absolute Gasteiger partial charge is 0.241 e. The summed E-state index contributed by atoms with van der Waals surface area (Å²) in [6.45, 7) is 8.45. The minimum atomic E-state index is 0.0929. The minimum absolute atomic E-state index is 0.0929. The number of amides is 1. The quantitative estimate of drug-likeness (QED) is 0.604. The fourth-order valence-corrected chi connectivity index (χ4v) is 4.25. The summed E-state index contributed by atoms with van der Waals surface area (Å²) in [6, 6.07) is 9.90. The Labute approximate surface area is 186 Å². The van der Waals surface area contributed by atoms with Crippen LogP contribution >= 0.6 is 0 Å². The molecule has 5 rings (SSSR count). The maximum atomic E-state index is 11.3. The van der Waals surface area contributed by atoms with Crippen LogP contribution in [0.4, 0.5) is 17.6 Å². The molecule has 1 N–H and O–H groups in total. The SMILES string of the molecule is CC1OCCN(c2cc(N3CCOCC3)nc(-n3c(NC=O)nc4ccccc43)n2)C1C. The number of hydrogen-bond acceptors (Lipinski definition) is 8. The fourth-order valence-electron chi connectivity index (χ4n) is 4.25. The molecular formula is C22H27N7O3. The van der Waals surface area contributed by atoms with E-state index in [9.17, 15) is 4.79 Å². The summed E-state index contributed by atoms with van der Waals surface area (Å²) in [5, 5.41) is 2.70. The van der Waals surface area contributed by atoms with Crippen molar-refractivity contribution in [1.29, 1.82) is 0 Å². The first kappa shape index (κ1) is 20.7. The van der Waals surface area contributed by atoms with E-state index >= 15 is 0 Å². The van der Waals surface area contributed by atoms with Gasteiger partial charge in [-0.3, -0.25) is 10.1 Å². The Kier molecular flexibility index (Phi) is 5.62. The zero-order valence-corrected chi connectivity index (χ0v) is 18.3. The van der Waals surface area contributed by atoms with Gasteiger partial charge in [0, 0.05) is 25.7 Å². The number of anilines is 3. The van der Waals surface area contributed by atoms with Crippen molar-refractivity contribution in [3.63, 3.8) is 0 Å². The third kappa shape index (κ3) is 3.76. The van der Waals surface area contributed by atoms with Crippen molar-refractivity contribution in [2.24, 2.45) is 0 Å². The fraction of sp³-hybridized carbons (Fsp3) is 0.455. The van der Waals surface area contributed by atoms with Gasteiger partial charge in [0.05, 0.1) is 43.0 Å². The summed E-state index contributed by atoms with van der Waals surface area (Å²) in [5.41, 5.74) is 1.58. The Bertz CT molecular complexity index is 1110. The molecule has 3 aromatic rings. The largest absolute Gasteiger partial charge is 0.378 e. The molecule has 0 saturated carbocycles. The number of imidazole rings is 1. The van der Waals surface area contributed by atoms with Crippen LogP contribution in [0.25, 0.3) is 17.0 Å². The van der Waals surface area contributed by atoms with E-state index in [1.807, 2.05) is 30.3 Å². The molecular weight excluding hydrogens is 410 g/mol. The lowest BCUT2D eigenvalue weighted by atomic mass is 10.1. The van der Waals surface area contributed by atoms with E-state index < -0.39 is 0 Å². The number of morpholine rings is 2. The van der Waals surface area contributed by atoms with E-state index in [-0.39, 0.29) is 12.1 Å². The zero-order valence-electron chi connectivity index (χ0n) is 18.3. The van der Waals surface area contributed by atoms with Crippen LogP contribution in [0.3, 0.4) is 0 Å². The standard InChI is InChI=1S/C22H27N7O3/c1-15-16(2)32-12-9-28(15)20-13-19(27-7-10-31-11-8-27)25-22(26-20)29-18-6-4-3-5-17(18)24-21(29)23-14-30/h3-6,13-16H,7-12H2,1-2H3,(H,23,24,30). The molecule has 2 aliphatic rings. The number of nitrogens with one attached hydrogen (secondary N) is 1. The van der Waals surface area contributed by atoms with Gasteiger partial charge in [-0.15, -0.1) is 0 Å². The number of rotatable bonds is 5. The van der Waals surface area contributed by atoms with Gasteiger partial charge >= 0.3 is 0 Å². The molecule has 2 unspecified atom stereocenters. The van der Waals surface area contributed by atoms with Crippen LogP contribution in [0.5, 0.6) is 0 Å². The van der Waals surface area contributed by atoms with E-state index in [1.54, 1.807) is 4.57 Å². The van der Waals surface area contributed by atoms with Gasteiger partial charge in [-0.05, 0) is 26.0 Å². The van der Waals surface area contributed by atoms with Crippen LogP contribution < -0.4 is 15.1 Å². The summed E-state index contributed by atoms with van der Waals surface area (Å²) >= 11 is 0. The lowest BCUT2D eigenvalue weighted by Crippen LogP contribution is -2.49. The van der Waals surface area contributed by atoms with Gasteiger partial charge in [0.25, 0.3) is 0 Å². The van der Waals surface area contributed by atoms with Crippen LogP contribution in [0.2, 0.25) is 0 Å². The highest BCUT2D eigenvalue weighted by Crippen LogP contribution is 2.29. The highest BCUT2D eigenvalue weighted by atomic mass is 16.5. The first-order valence-electron chi connectivity index (χ1n) is 10.9. The molecule has 4 heterocycles. The molecule has 10 heteroatoms. The molecule has 0 spiro atoms. The molecule has 2 aromatic heterocycles. The van der Waals surface area contributed by atoms with Gasteiger partial charge in [-0.1, -0.05) is 12.1 Å². The maximum Gasteiger partial charge on any atom is 0.241 e. The average Bonchev–Trinajstić information content (AvgIpc) is 3.19. The average molecular weight is 438 g/mol. The van der Waals surface area contributed by atoms with E-state index in [4.69, 9.17) is 19.4 Å². The second-order valence-corrected chi connectivity index (χ2v) is 8.02. The number of hydrogen-bond donors (Lipinski definition) is 1. The summed E-state index contributed by atoms with van der Waals surface area (Å²) in [5.74, 6) is 2.51. The van der Waals surface area contributed by atoms with Gasteiger partial charge in [0.2, 0.25) is 18.3 Å². The monoisotopic (exact) mass is 437 g/mol. The molecule has 1 aromatic carbocycles. The molecule has 168 valence electrons. The summed E-state index contributed by atoms with van der Waals surface area (Å²) < 4.78 is 13.2. The lowest BCUT2D eigenvalue weighted by molar-refractivity contribution is -0.105. The van der Waals surface area contributed by atoms with E-state index in [1.165, 1.54) is 0 Å². The second kappa shape index (κ2) is 8.71. The van der Waals surface area contributed by atoms with Crippen LogP contribution in [0, 0.1) is 0 Å². The molecule has 10 nitrogen and oxygen atoms in total. The number of carbonyl (C=O) groups is 1. The maximum absolute atomic E-state index is 11.3. The lowest BCUT2D eigenvalue weighted by Gasteiger charge is -2.39. The van der Waals surface area contributed by atoms with Gasteiger partial charge in [0.15, 0.2) is 0 Å². The number of nitrogens with zero attached hydrogens (tertiary/aromatic N) is 6. The van der Waals surface area contributed by atoms with Crippen molar-refractivity contribution in [3.8, 4) is 5.95 Å². The van der Waals surface area contributed by atoms with E-state index in [0.29, 0.717) is 38.1 Å². The third-order valence-electron chi connectivity index (χ3n) is 6.15. The van der Waals surface area contributed by atoms with Gasteiger partial charge in [0.1, 0.15) is 11.6 Å². The van der Waals surface area contributed by atoms with E-state index in [0.717, 1.165) is 42.3 Å². The predicted octanol–water partition coefficient (Wildman–Crippen LogP) is 1.83. The Hall–Kier alpha value is -3.24. The number of carbonyl (C=O) groups excluding carboxylic acids is 1. The molecule has 2 aliphatic heterocycles.